The number of hydrogen-bond donors (Lipinski definition) is 2. The van der Waals surface area contributed by atoms with E-state index in [9.17, 15) is 4.79 Å². The molecule has 1 amide bonds. The van der Waals surface area contributed by atoms with Crippen LogP contribution in [0.15, 0.2) is 0 Å². The summed E-state index contributed by atoms with van der Waals surface area (Å²) in [5, 5.41) is 6.10. The van der Waals surface area contributed by atoms with Crippen LogP contribution in [0.3, 0.4) is 0 Å². The summed E-state index contributed by atoms with van der Waals surface area (Å²) < 4.78 is 5.16. The average molecular weight is 243 g/mol. The molecule has 0 aromatic carbocycles. The SMILES string of the molecule is CN(CCNC(=O)OC(C)(C)C)C1CCNC1. The van der Waals surface area contributed by atoms with Crippen LogP contribution in [0, 0.1) is 0 Å². The molecule has 100 valence electrons. The first-order valence-electron chi connectivity index (χ1n) is 6.26. The Balaban J connectivity index is 2.12. The van der Waals surface area contributed by atoms with Crippen molar-refractivity contribution >= 4 is 6.09 Å². The molecule has 2 N–H and O–H groups in total. The lowest BCUT2D eigenvalue weighted by molar-refractivity contribution is 0.0521. The predicted octanol–water partition coefficient (Wildman–Crippen LogP) is 0.805. The lowest BCUT2D eigenvalue weighted by Crippen LogP contribution is -2.41. The van der Waals surface area contributed by atoms with Crippen molar-refractivity contribution in [3.05, 3.63) is 0 Å². The molecule has 1 aliphatic heterocycles. The van der Waals surface area contributed by atoms with Crippen LogP contribution in [0.25, 0.3) is 0 Å². The molecule has 0 radical (unpaired) electrons. The molecule has 1 saturated heterocycles. The van der Waals surface area contributed by atoms with E-state index in [-0.39, 0.29) is 6.09 Å². The first-order valence-corrected chi connectivity index (χ1v) is 6.26. The normalized spacial score (nSPS) is 20.6. The van der Waals surface area contributed by atoms with Gasteiger partial charge in [-0.25, -0.2) is 4.79 Å². The number of nitrogens with one attached hydrogen (secondary N) is 2. The standard InChI is InChI=1S/C12H25N3O2/c1-12(2,3)17-11(16)14-7-8-15(4)10-5-6-13-9-10/h10,13H,5-9H2,1-4H3,(H,14,16). The molecular formula is C12H25N3O2. The summed E-state index contributed by atoms with van der Waals surface area (Å²) in [7, 11) is 2.09. The van der Waals surface area contributed by atoms with Gasteiger partial charge in [-0.2, -0.15) is 0 Å². The second kappa shape index (κ2) is 6.21. The van der Waals surface area contributed by atoms with E-state index in [1.807, 2.05) is 20.8 Å². The molecule has 0 bridgehead atoms. The number of nitrogens with zero attached hydrogens (tertiary/aromatic N) is 1. The van der Waals surface area contributed by atoms with Gasteiger partial charge < -0.3 is 20.3 Å². The number of carbonyl (C=O) groups is 1. The summed E-state index contributed by atoms with van der Waals surface area (Å²) in [4.78, 5) is 13.7. The predicted molar refractivity (Wildman–Crippen MR) is 68.1 cm³/mol. The van der Waals surface area contributed by atoms with Crippen molar-refractivity contribution in [3.63, 3.8) is 0 Å². The van der Waals surface area contributed by atoms with E-state index in [4.69, 9.17) is 4.74 Å². The number of likely N-dealkylation sites (N-methyl/N-ethyl adjacent to an activating group) is 1. The summed E-state index contributed by atoms with van der Waals surface area (Å²) in [6.45, 7) is 9.21. The Morgan fingerprint density at radius 2 is 2.24 bits per heavy atom. The number of rotatable bonds is 4. The minimum atomic E-state index is -0.425. The van der Waals surface area contributed by atoms with Crippen LogP contribution in [0.1, 0.15) is 27.2 Å². The molecule has 5 nitrogen and oxygen atoms in total. The second-order valence-electron chi connectivity index (χ2n) is 5.56. The summed E-state index contributed by atoms with van der Waals surface area (Å²) in [5.74, 6) is 0. The number of hydrogen-bond acceptors (Lipinski definition) is 4. The lowest BCUT2D eigenvalue weighted by Gasteiger charge is -2.24. The summed E-state index contributed by atoms with van der Waals surface area (Å²) in [6, 6.07) is 0.593. The highest BCUT2D eigenvalue weighted by Gasteiger charge is 2.19. The smallest absolute Gasteiger partial charge is 0.407 e. The molecular weight excluding hydrogens is 218 g/mol. The molecule has 1 unspecified atom stereocenters. The first-order chi connectivity index (χ1) is 7.88. The molecule has 1 atom stereocenters. The van der Waals surface area contributed by atoms with Crippen LogP contribution in [0.4, 0.5) is 4.79 Å². The molecule has 1 rings (SSSR count). The van der Waals surface area contributed by atoms with Gasteiger partial charge in [-0.15, -0.1) is 0 Å². The number of ether oxygens (including phenoxy) is 1. The van der Waals surface area contributed by atoms with Crippen molar-refractivity contribution in [2.75, 3.05) is 33.2 Å². The number of carbonyl (C=O) groups excluding carboxylic acids is 1. The van der Waals surface area contributed by atoms with Crippen LogP contribution in [0.2, 0.25) is 0 Å². The van der Waals surface area contributed by atoms with Crippen LogP contribution in [-0.2, 0) is 4.74 Å². The van der Waals surface area contributed by atoms with Gasteiger partial charge in [0, 0.05) is 25.7 Å². The van der Waals surface area contributed by atoms with E-state index < -0.39 is 5.60 Å². The van der Waals surface area contributed by atoms with E-state index >= 15 is 0 Å². The van der Waals surface area contributed by atoms with Crippen molar-refractivity contribution in [2.45, 2.75) is 38.8 Å². The fourth-order valence-corrected chi connectivity index (χ4v) is 1.85. The van der Waals surface area contributed by atoms with Gasteiger partial charge in [-0.1, -0.05) is 0 Å². The lowest BCUT2D eigenvalue weighted by atomic mass is 10.2. The van der Waals surface area contributed by atoms with Crippen molar-refractivity contribution in [1.29, 1.82) is 0 Å². The van der Waals surface area contributed by atoms with Gasteiger partial charge in [-0.05, 0) is 40.8 Å². The van der Waals surface area contributed by atoms with Crippen LogP contribution in [0.5, 0.6) is 0 Å². The summed E-state index contributed by atoms with van der Waals surface area (Å²) in [5.41, 5.74) is -0.425. The molecule has 5 heteroatoms. The zero-order valence-electron chi connectivity index (χ0n) is 11.4. The summed E-state index contributed by atoms with van der Waals surface area (Å²) >= 11 is 0. The van der Waals surface area contributed by atoms with Gasteiger partial charge in [0.25, 0.3) is 0 Å². The van der Waals surface area contributed by atoms with Crippen molar-refractivity contribution in [3.8, 4) is 0 Å². The molecule has 1 heterocycles. The van der Waals surface area contributed by atoms with E-state index in [2.05, 4.69) is 22.6 Å². The molecule has 1 aliphatic rings. The average Bonchev–Trinajstić information content (AvgIpc) is 2.66. The third-order valence-corrected chi connectivity index (χ3v) is 2.79. The quantitative estimate of drug-likeness (QED) is 0.767. The van der Waals surface area contributed by atoms with Crippen LogP contribution >= 0.6 is 0 Å². The highest BCUT2D eigenvalue weighted by Crippen LogP contribution is 2.07. The van der Waals surface area contributed by atoms with E-state index in [0.29, 0.717) is 12.6 Å². The molecule has 0 aliphatic carbocycles. The Kier molecular flexibility index (Phi) is 5.21. The van der Waals surface area contributed by atoms with Crippen molar-refractivity contribution < 1.29 is 9.53 Å². The van der Waals surface area contributed by atoms with Gasteiger partial charge in [-0.3, -0.25) is 0 Å². The van der Waals surface area contributed by atoms with E-state index in [1.165, 1.54) is 6.42 Å². The van der Waals surface area contributed by atoms with Gasteiger partial charge in [0.05, 0.1) is 0 Å². The third-order valence-electron chi connectivity index (χ3n) is 2.79. The first kappa shape index (κ1) is 14.3. The topological polar surface area (TPSA) is 53.6 Å². The Hall–Kier alpha value is -0.810. The van der Waals surface area contributed by atoms with E-state index in [0.717, 1.165) is 19.6 Å². The van der Waals surface area contributed by atoms with Crippen molar-refractivity contribution in [2.24, 2.45) is 0 Å². The van der Waals surface area contributed by atoms with Gasteiger partial charge in [0.15, 0.2) is 0 Å². The van der Waals surface area contributed by atoms with E-state index in [1.54, 1.807) is 0 Å². The Morgan fingerprint density at radius 3 is 2.76 bits per heavy atom. The minimum absolute atomic E-state index is 0.338. The zero-order chi connectivity index (χ0) is 12.9. The highest BCUT2D eigenvalue weighted by molar-refractivity contribution is 5.67. The van der Waals surface area contributed by atoms with Crippen LogP contribution in [-0.4, -0.2) is 55.9 Å². The molecule has 0 spiro atoms. The van der Waals surface area contributed by atoms with Gasteiger partial charge in [0.1, 0.15) is 5.60 Å². The summed E-state index contributed by atoms with van der Waals surface area (Å²) in [6.07, 6.45) is 0.846. The minimum Gasteiger partial charge on any atom is -0.444 e. The molecule has 0 saturated carbocycles. The molecule has 1 fully saturated rings. The van der Waals surface area contributed by atoms with Gasteiger partial charge in [0.2, 0.25) is 0 Å². The maximum atomic E-state index is 11.4. The van der Waals surface area contributed by atoms with Crippen LogP contribution < -0.4 is 10.6 Å². The molecule has 17 heavy (non-hydrogen) atoms. The fourth-order valence-electron chi connectivity index (χ4n) is 1.85. The second-order valence-corrected chi connectivity index (χ2v) is 5.56. The largest absolute Gasteiger partial charge is 0.444 e. The zero-order valence-corrected chi connectivity index (χ0v) is 11.4. The maximum absolute atomic E-state index is 11.4. The number of alkyl carbamates (subject to hydrolysis) is 1. The monoisotopic (exact) mass is 243 g/mol. The van der Waals surface area contributed by atoms with Crippen molar-refractivity contribution in [1.82, 2.24) is 15.5 Å². The molecule has 0 aromatic rings. The Bertz CT molecular complexity index is 245. The Morgan fingerprint density at radius 1 is 1.53 bits per heavy atom. The highest BCUT2D eigenvalue weighted by atomic mass is 16.6. The van der Waals surface area contributed by atoms with Gasteiger partial charge >= 0.3 is 6.09 Å². The maximum Gasteiger partial charge on any atom is 0.407 e. The third kappa shape index (κ3) is 5.89. The Labute approximate surface area is 104 Å². The fraction of sp³-hybridized carbons (Fsp3) is 0.917. The number of amides is 1. The molecule has 0 aromatic heterocycles.